The molecule has 1 aromatic heterocycles. The van der Waals surface area contributed by atoms with E-state index in [-0.39, 0.29) is 0 Å². The Bertz CT molecular complexity index is 520. The number of rotatable bonds is 5. The molecule has 2 rings (SSSR count). The second-order valence-electron chi connectivity index (χ2n) is 3.56. The van der Waals surface area contributed by atoms with Gasteiger partial charge in [-0.3, -0.25) is 0 Å². The van der Waals surface area contributed by atoms with Gasteiger partial charge in [-0.05, 0) is 6.07 Å². The van der Waals surface area contributed by atoms with Crippen LogP contribution >= 0.6 is 11.6 Å². The second-order valence-corrected chi connectivity index (χ2v) is 3.92. The predicted octanol–water partition coefficient (Wildman–Crippen LogP) is 2.82. The predicted molar refractivity (Wildman–Crippen MR) is 69.8 cm³/mol. The van der Waals surface area contributed by atoms with E-state index in [1.165, 1.54) is 6.33 Å². The van der Waals surface area contributed by atoms with Crippen molar-refractivity contribution in [2.24, 2.45) is 0 Å². The maximum atomic E-state index is 6.06. The number of aromatic nitrogens is 2. The zero-order valence-electron chi connectivity index (χ0n) is 9.97. The van der Waals surface area contributed by atoms with E-state index in [0.29, 0.717) is 18.4 Å². The van der Waals surface area contributed by atoms with E-state index in [0.717, 1.165) is 16.9 Å². The van der Waals surface area contributed by atoms with Gasteiger partial charge in [-0.15, -0.1) is 0 Å². The monoisotopic (exact) mass is 264 g/mol. The van der Waals surface area contributed by atoms with E-state index in [9.17, 15) is 0 Å². The van der Waals surface area contributed by atoms with Crippen LogP contribution in [0.1, 0.15) is 0 Å². The van der Waals surface area contributed by atoms with Crippen LogP contribution in [0.25, 0.3) is 11.1 Å². The van der Waals surface area contributed by atoms with Gasteiger partial charge in [0.15, 0.2) is 0 Å². The molecule has 0 fully saturated rings. The van der Waals surface area contributed by atoms with Crippen molar-refractivity contribution in [2.45, 2.75) is 0 Å². The van der Waals surface area contributed by atoms with Crippen LogP contribution in [0.5, 0.6) is 5.75 Å². The van der Waals surface area contributed by atoms with Gasteiger partial charge in [-0.1, -0.05) is 29.8 Å². The van der Waals surface area contributed by atoms with E-state index >= 15 is 0 Å². The van der Waals surface area contributed by atoms with Crippen molar-refractivity contribution in [3.63, 3.8) is 0 Å². The number of hydrogen-bond acceptors (Lipinski definition) is 4. The minimum absolute atomic E-state index is 0.410. The molecule has 0 spiro atoms. The summed E-state index contributed by atoms with van der Waals surface area (Å²) < 4.78 is 10.6. The van der Waals surface area contributed by atoms with E-state index in [4.69, 9.17) is 21.1 Å². The van der Waals surface area contributed by atoms with Gasteiger partial charge in [0.25, 0.3) is 0 Å². The first kappa shape index (κ1) is 12.8. The third-order valence-corrected chi connectivity index (χ3v) is 2.69. The Kier molecular flexibility index (Phi) is 4.50. The normalized spacial score (nSPS) is 10.3. The average molecular weight is 265 g/mol. The fourth-order valence-corrected chi connectivity index (χ4v) is 1.74. The topological polar surface area (TPSA) is 44.2 Å². The number of benzene rings is 1. The van der Waals surface area contributed by atoms with Crippen molar-refractivity contribution in [2.75, 3.05) is 20.3 Å². The summed E-state index contributed by atoms with van der Waals surface area (Å²) in [5.74, 6) is 0.742. The Labute approximate surface area is 111 Å². The number of hydrogen-bond donors (Lipinski definition) is 0. The molecule has 0 saturated heterocycles. The molecular formula is C13H13ClN2O2. The summed E-state index contributed by atoms with van der Waals surface area (Å²) in [6.07, 6.45) is 3.09. The number of para-hydroxylation sites is 1. The molecule has 0 unspecified atom stereocenters. The minimum Gasteiger partial charge on any atom is -0.491 e. The molecular weight excluding hydrogens is 252 g/mol. The Balaban J connectivity index is 2.30. The zero-order valence-corrected chi connectivity index (χ0v) is 10.7. The zero-order chi connectivity index (χ0) is 12.8. The van der Waals surface area contributed by atoms with Crippen LogP contribution < -0.4 is 4.74 Å². The minimum atomic E-state index is 0.410. The van der Waals surface area contributed by atoms with Crippen LogP contribution in [0.2, 0.25) is 5.15 Å². The molecule has 1 heterocycles. The maximum Gasteiger partial charge on any atom is 0.140 e. The Morgan fingerprint density at radius 1 is 1.17 bits per heavy atom. The Morgan fingerprint density at radius 3 is 2.78 bits per heavy atom. The van der Waals surface area contributed by atoms with Gasteiger partial charge in [0.05, 0.1) is 6.61 Å². The molecule has 2 aromatic rings. The summed E-state index contributed by atoms with van der Waals surface area (Å²) in [5, 5.41) is 0.410. The molecule has 18 heavy (non-hydrogen) atoms. The molecule has 4 nitrogen and oxygen atoms in total. The molecule has 0 amide bonds. The third kappa shape index (κ3) is 2.97. The highest BCUT2D eigenvalue weighted by Crippen LogP contribution is 2.32. The van der Waals surface area contributed by atoms with Crippen LogP contribution in [0, 0.1) is 0 Å². The van der Waals surface area contributed by atoms with Crippen molar-refractivity contribution < 1.29 is 9.47 Å². The van der Waals surface area contributed by atoms with Gasteiger partial charge < -0.3 is 9.47 Å². The molecule has 0 saturated carbocycles. The van der Waals surface area contributed by atoms with Crippen LogP contribution in [-0.4, -0.2) is 30.3 Å². The first-order chi connectivity index (χ1) is 8.83. The molecule has 0 radical (unpaired) electrons. The van der Waals surface area contributed by atoms with Crippen LogP contribution in [-0.2, 0) is 4.74 Å². The molecule has 0 N–H and O–H groups in total. The lowest BCUT2D eigenvalue weighted by Crippen LogP contribution is -2.05. The Morgan fingerprint density at radius 2 is 2.00 bits per heavy atom. The van der Waals surface area contributed by atoms with Crippen molar-refractivity contribution in [3.8, 4) is 16.9 Å². The van der Waals surface area contributed by atoms with Crippen molar-refractivity contribution in [1.29, 1.82) is 0 Å². The largest absolute Gasteiger partial charge is 0.491 e. The molecule has 0 aliphatic rings. The smallest absolute Gasteiger partial charge is 0.140 e. The number of nitrogens with zero attached hydrogens (tertiary/aromatic N) is 2. The van der Waals surface area contributed by atoms with Crippen LogP contribution in [0.4, 0.5) is 0 Å². The molecule has 0 atom stereocenters. The van der Waals surface area contributed by atoms with Crippen molar-refractivity contribution >= 4 is 11.6 Å². The van der Waals surface area contributed by atoms with Gasteiger partial charge in [0.1, 0.15) is 23.8 Å². The van der Waals surface area contributed by atoms with Gasteiger partial charge in [0, 0.05) is 24.4 Å². The first-order valence-electron chi connectivity index (χ1n) is 5.49. The van der Waals surface area contributed by atoms with Crippen molar-refractivity contribution in [1.82, 2.24) is 9.97 Å². The summed E-state index contributed by atoms with van der Waals surface area (Å²) in [6.45, 7) is 1.02. The second kappa shape index (κ2) is 6.33. The van der Waals surface area contributed by atoms with Gasteiger partial charge in [0.2, 0.25) is 0 Å². The standard InChI is InChI=1S/C13H13ClN2O2/c1-17-6-7-18-12-5-3-2-4-10(12)11-8-15-9-16-13(11)14/h2-5,8-9H,6-7H2,1H3. The summed E-state index contributed by atoms with van der Waals surface area (Å²) in [5.41, 5.74) is 1.63. The third-order valence-electron chi connectivity index (χ3n) is 2.39. The van der Waals surface area contributed by atoms with E-state index < -0.39 is 0 Å². The lowest BCUT2D eigenvalue weighted by molar-refractivity contribution is 0.146. The molecule has 0 bridgehead atoms. The first-order valence-corrected chi connectivity index (χ1v) is 5.87. The molecule has 94 valence electrons. The molecule has 5 heteroatoms. The highest BCUT2D eigenvalue weighted by molar-refractivity contribution is 6.32. The lowest BCUT2D eigenvalue weighted by Gasteiger charge is -2.11. The van der Waals surface area contributed by atoms with Crippen LogP contribution in [0.3, 0.4) is 0 Å². The fourth-order valence-electron chi connectivity index (χ4n) is 1.55. The molecule has 1 aromatic carbocycles. The highest BCUT2D eigenvalue weighted by atomic mass is 35.5. The maximum absolute atomic E-state index is 6.06. The fraction of sp³-hybridized carbons (Fsp3) is 0.231. The summed E-state index contributed by atoms with van der Waals surface area (Å²) in [7, 11) is 1.64. The van der Waals surface area contributed by atoms with Crippen LogP contribution in [0.15, 0.2) is 36.8 Å². The van der Waals surface area contributed by atoms with E-state index in [1.54, 1.807) is 13.3 Å². The van der Waals surface area contributed by atoms with Gasteiger partial charge in [-0.25, -0.2) is 9.97 Å². The van der Waals surface area contributed by atoms with E-state index in [2.05, 4.69) is 9.97 Å². The Hall–Kier alpha value is -1.65. The quantitative estimate of drug-likeness (QED) is 0.615. The average Bonchev–Trinajstić information content (AvgIpc) is 2.40. The van der Waals surface area contributed by atoms with E-state index in [1.807, 2.05) is 24.3 Å². The molecule has 0 aliphatic heterocycles. The number of halogens is 1. The molecule has 0 aliphatic carbocycles. The summed E-state index contributed by atoms with van der Waals surface area (Å²) >= 11 is 6.06. The van der Waals surface area contributed by atoms with Gasteiger partial charge in [-0.2, -0.15) is 0 Å². The lowest BCUT2D eigenvalue weighted by atomic mass is 10.1. The number of ether oxygens (including phenoxy) is 2. The van der Waals surface area contributed by atoms with Gasteiger partial charge >= 0.3 is 0 Å². The van der Waals surface area contributed by atoms with Crippen molar-refractivity contribution in [3.05, 3.63) is 41.9 Å². The summed E-state index contributed by atoms with van der Waals surface area (Å²) in [4.78, 5) is 7.95. The number of methoxy groups -OCH3 is 1. The highest BCUT2D eigenvalue weighted by Gasteiger charge is 2.10. The SMILES string of the molecule is COCCOc1ccccc1-c1cncnc1Cl. The summed E-state index contributed by atoms with van der Waals surface area (Å²) in [6, 6.07) is 7.63.